The monoisotopic (exact) mass is 197 g/mol. The van der Waals surface area contributed by atoms with Crippen molar-refractivity contribution in [2.75, 3.05) is 0 Å². The largest absolute Gasteiger partial charge is 0.276 e. The van der Waals surface area contributed by atoms with Gasteiger partial charge in [0.1, 0.15) is 0 Å². The fourth-order valence-electron chi connectivity index (χ4n) is 1.02. The van der Waals surface area contributed by atoms with Crippen LogP contribution in [0, 0.1) is 6.92 Å². The Morgan fingerprint density at radius 1 is 1.31 bits per heavy atom. The van der Waals surface area contributed by atoms with E-state index in [-0.39, 0.29) is 0 Å². The first-order valence-electron chi connectivity index (χ1n) is 3.96. The first-order chi connectivity index (χ1) is 6.34. The summed E-state index contributed by atoms with van der Waals surface area (Å²) in [5.41, 5.74) is 11.0. The van der Waals surface area contributed by atoms with Gasteiger partial charge in [0.15, 0.2) is 0 Å². The lowest BCUT2D eigenvalue weighted by molar-refractivity contribution is 0.556. The fourth-order valence-corrected chi connectivity index (χ4v) is 1.83. The molecule has 70 valence electrons. The topological polar surface area (TPSA) is 60.5 Å². The van der Waals surface area contributed by atoms with Gasteiger partial charge < -0.3 is 0 Å². The first kappa shape index (κ1) is 8.49. The van der Waals surface area contributed by atoms with E-state index in [1.165, 1.54) is 9.75 Å². The quantitative estimate of drug-likeness (QED) is 0.540. The van der Waals surface area contributed by atoms with Crippen LogP contribution in [-0.2, 0) is 6.54 Å². The van der Waals surface area contributed by atoms with Gasteiger partial charge in [0.2, 0.25) is 5.96 Å². The number of aliphatic imine (C=N–C) groups is 1. The van der Waals surface area contributed by atoms with Crippen molar-refractivity contribution in [2.45, 2.75) is 13.5 Å². The minimum atomic E-state index is 0.706. The maximum Gasteiger partial charge on any atom is 0.223 e. The highest BCUT2D eigenvalue weighted by Gasteiger charge is 2.02. The third-order valence-corrected chi connectivity index (χ3v) is 2.60. The summed E-state index contributed by atoms with van der Waals surface area (Å²) in [5, 5.41) is 0. The number of rotatable bonds is 2. The number of hydrogen-bond donors (Lipinski definition) is 4. The molecule has 6 heteroatoms. The Morgan fingerprint density at radius 2 is 2.08 bits per heavy atom. The van der Waals surface area contributed by atoms with Gasteiger partial charge in [0.05, 0.1) is 6.54 Å². The van der Waals surface area contributed by atoms with E-state index in [2.05, 4.69) is 46.0 Å². The molecule has 1 aliphatic heterocycles. The average molecular weight is 197 g/mol. The van der Waals surface area contributed by atoms with E-state index in [1.807, 2.05) is 0 Å². The van der Waals surface area contributed by atoms with Crippen LogP contribution in [0.25, 0.3) is 0 Å². The molecule has 0 spiro atoms. The van der Waals surface area contributed by atoms with Gasteiger partial charge in [-0.05, 0) is 19.1 Å². The molecule has 0 bridgehead atoms. The van der Waals surface area contributed by atoms with Crippen LogP contribution >= 0.6 is 11.3 Å². The van der Waals surface area contributed by atoms with Gasteiger partial charge in [-0.25, -0.2) is 4.99 Å². The molecule has 0 amide bonds. The zero-order valence-corrected chi connectivity index (χ0v) is 8.03. The smallest absolute Gasteiger partial charge is 0.223 e. The molecular weight excluding hydrogens is 186 g/mol. The lowest BCUT2D eigenvalue weighted by Gasteiger charge is -1.94. The zero-order valence-electron chi connectivity index (χ0n) is 7.22. The Bertz CT molecular complexity index is 310. The Balaban J connectivity index is 1.95. The number of aryl methyl sites for hydroxylation is 1. The molecule has 0 radical (unpaired) electrons. The van der Waals surface area contributed by atoms with Crippen molar-refractivity contribution in [1.82, 2.24) is 21.9 Å². The summed E-state index contributed by atoms with van der Waals surface area (Å²) >= 11 is 1.77. The number of hydrogen-bond acceptors (Lipinski definition) is 4. The zero-order chi connectivity index (χ0) is 9.10. The number of thiophene rings is 1. The van der Waals surface area contributed by atoms with E-state index in [0.29, 0.717) is 12.5 Å². The number of nitrogens with one attached hydrogen (secondary N) is 4. The highest BCUT2D eigenvalue weighted by Crippen LogP contribution is 2.15. The van der Waals surface area contributed by atoms with Gasteiger partial charge in [-0.2, -0.15) is 11.1 Å². The lowest BCUT2D eigenvalue weighted by Crippen LogP contribution is -2.33. The van der Waals surface area contributed by atoms with Gasteiger partial charge in [-0.15, -0.1) is 11.3 Å². The molecule has 1 fully saturated rings. The Morgan fingerprint density at radius 3 is 2.69 bits per heavy atom. The second kappa shape index (κ2) is 3.73. The van der Waals surface area contributed by atoms with Crippen molar-refractivity contribution < 1.29 is 0 Å². The molecule has 1 aromatic heterocycles. The summed E-state index contributed by atoms with van der Waals surface area (Å²) in [6.07, 6.45) is 0. The normalized spacial score (nSPS) is 15.3. The van der Waals surface area contributed by atoms with E-state index < -0.39 is 0 Å². The van der Waals surface area contributed by atoms with Crippen molar-refractivity contribution in [3.63, 3.8) is 0 Å². The fraction of sp³-hybridized carbons (Fsp3) is 0.286. The van der Waals surface area contributed by atoms with Crippen LogP contribution < -0.4 is 21.9 Å². The third-order valence-electron chi connectivity index (χ3n) is 1.61. The van der Waals surface area contributed by atoms with Gasteiger partial charge in [0.25, 0.3) is 0 Å². The van der Waals surface area contributed by atoms with E-state index in [0.717, 1.165) is 0 Å². The summed E-state index contributed by atoms with van der Waals surface area (Å²) in [7, 11) is 0. The molecular formula is C7H11N5S. The third kappa shape index (κ3) is 2.18. The number of hydrazine groups is 3. The molecule has 0 saturated carbocycles. The average Bonchev–Trinajstić information content (AvgIpc) is 2.71. The van der Waals surface area contributed by atoms with Crippen LogP contribution in [0.5, 0.6) is 0 Å². The minimum absolute atomic E-state index is 0.706. The van der Waals surface area contributed by atoms with Crippen LogP contribution in [0.3, 0.4) is 0 Å². The summed E-state index contributed by atoms with van der Waals surface area (Å²) in [6, 6.07) is 4.20. The highest BCUT2D eigenvalue weighted by atomic mass is 32.1. The molecule has 13 heavy (non-hydrogen) atoms. The Kier molecular flexibility index (Phi) is 2.44. The second-order valence-electron chi connectivity index (χ2n) is 2.68. The molecule has 2 rings (SSSR count). The van der Waals surface area contributed by atoms with E-state index >= 15 is 0 Å². The van der Waals surface area contributed by atoms with Crippen molar-refractivity contribution in [3.8, 4) is 0 Å². The Hall–Kier alpha value is -1.11. The van der Waals surface area contributed by atoms with Crippen LogP contribution in [0.4, 0.5) is 0 Å². The predicted molar refractivity (Wildman–Crippen MR) is 52.7 cm³/mol. The molecule has 2 heterocycles. The van der Waals surface area contributed by atoms with Crippen LogP contribution in [0.1, 0.15) is 9.75 Å². The van der Waals surface area contributed by atoms with Gasteiger partial charge >= 0.3 is 0 Å². The summed E-state index contributed by atoms with van der Waals surface area (Å²) in [5.74, 6) is 0.714. The van der Waals surface area contributed by atoms with Crippen molar-refractivity contribution in [3.05, 3.63) is 21.9 Å². The van der Waals surface area contributed by atoms with Gasteiger partial charge in [-0.1, -0.05) is 0 Å². The van der Waals surface area contributed by atoms with Crippen LogP contribution in [-0.4, -0.2) is 5.96 Å². The van der Waals surface area contributed by atoms with Crippen LogP contribution in [0.15, 0.2) is 17.1 Å². The summed E-state index contributed by atoms with van der Waals surface area (Å²) < 4.78 is 0. The molecule has 0 unspecified atom stereocenters. The lowest BCUT2D eigenvalue weighted by atomic mass is 10.4. The van der Waals surface area contributed by atoms with E-state index in [4.69, 9.17) is 0 Å². The van der Waals surface area contributed by atoms with Crippen molar-refractivity contribution >= 4 is 17.3 Å². The first-order valence-corrected chi connectivity index (χ1v) is 4.78. The maximum absolute atomic E-state index is 4.29. The van der Waals surface area contributed by atoms with Crippen molar-refractivity contribution in [1.29, 1.82) is 0 Å². The van der Waals surface area contributed by atoms with Gasteiger partial charge in [-0.3, -0.25) is 10.9 Å². The molecule has 1 aliphatic rings. The number of guanidine groups is 1. The summed E-state index contributed by atoms with van der Waals surface area (Å²) in [4.78, 5) is 6.87. The molecule has 0 atom stereocenters. The molecule has 0 aliphatic carbocycles. The van der Waals surface area contributed by atoms with E-state index in [1.54, 1.807) is 11.3 Å². The highest BCUT2D eigenvalue weighted by molar-refractivity contribution is 7.11. The summed E-state index contributed by atoms with van der Waals surface area (Å²) in [6.45, 7) is 2.80. The minimum Gasteiger partial charge on any atom is -0.276 e. The molecule has 1 aromatic rings. The maximum atomic E-state index is 4.29. The molecule has 5 nitrogen and oxygen atoms in total. The molecule has 4 N–H and O–H groups in total. The number of nitrogens with zero attached hydrogens (tertiary/aromatic N) is 1. The molecule has 1 saturated heterocycles. The van der Waals surface area contributed by atoms with Crippen LogP contribution in [0.2, 0.25) is 0 Å². The van der Waals surface area contributed by atoms with Gasteiger partial charge in [0, 0.05) is 9.75 Å². The standard InChI is InChI=1S/C7H11N5S/c1-5-2-3-6(13-5)4-8-7-9-11-12-10-7/h2-3,11-12H,4H2,1H3,(H2,8,9,10). The van der Waals surface area contributed by atoms with E-state index in [9.17, 15) is 0 Å². The second-order valence-corrected chi connectivity index (χ2v) is 4.05. The van der Waals surface area contributed by atoms with Crippen molar-refractivity contribution in [2.24, 2.45) is 4.99 Å². The predicted octanol–water partition coefficient (Wildman–Crippen LogP) is 0.0295. The Labute approximate surface area is 80.2 Å². The SMILES string of the molecule is Cc1ccc(CN=C2NNNN2)s1. The molecule has 0 aromatic carbocycles.